The van der Waals surface area contributed by atoms with E-state index < -0.39 is 11.9 Å². The van der Waals surface area contributed by atoms with E-state index in [1.807, 2.05) is 0 Å². The van der Waals surface area contributed by atoms with Crippen molar-refractivity contribution in [2.24, 2.45) is 0 Å². The van der Waals surface area contributed by atoms with Crippen LogP contribution in [0.25, 0.3) is 0 Å². The largest absolute Gasteiger partial charge is 2.00 e. The topological polar surface area (TPSA) is 80.3 Å². The van der Waals surface area contributed by atoms with Gasteiger partial charge in [-0.1, -0.05) is 24.3 Å². The molecule has 0 heterocycles. The molecular formula is C8H4MgO4. The van der Waals surface area contributed by atoms with Crippen LogP contribution in [-0.4, -0.2) is 35.0 Å². The molecule has 0 saturated carbocycles. The summed E-state index contributed by atoms with van der Waals surface area (Å²) < 4.78 is 0. The number of carbonyl (C=O) groups excluding carboxylic acids is 2. The van der Waals surface area contributed by atoms with E-state index in [1.54, 1.807) is 0 Å². The van der Waals surface area contributed by atoms with Gasteiger partial charge >= 0.3 is 23.1 Å². The first-order valence-electron chi connectivity index (χ1n) is 3.14. The summed E-state index contributed by atoms with van der Waals surface area (Å²) in [5.41, 5.74) is -0.727. The van der Waals surface area contributed by atoms with Crippen molar-refractivity contribution < 1.29 is 19.8 Å². The van der Waals surface area contributed by atoms with Gasteiger partial charge in [-0.3, -0.25) is 0 Å². The predicted molar refractivity (Wildman–Crippen MR) is 40.9 cm³/mol. The Kier molecular flexibility index (Phi) is 4.43. The van der Waals surface area contributed by atoms with Gasteiger partial charge in [0.1, 0.15) is 0 Å². The first kappa shape index (κ1) is 11.9. The van der Waals surface area contributed by atoms with E-state index in [0.29, 0.717) is 0 Å². The normalized spacial score (nSPS) is 8.62. The summed E-state index contributed by atoms with van der Waals surface area (Å²) in [6.45, 7) is 0. The summed E-state index contributed by atoms with van der Waals surface area (Å²) in [4.78, 5) is 20.6. The second-order valence-corrected chi connectivity index (χ2v) is 2.12. The molecule has 1 rings (SSSR count). The van der Waals surface area contributed by atoms with Crippen LogP contribution < -0.4 is 10.2 Å². The SMILES string of the molecule is O=C([O-])c1ccccc1C(=O)[O-].[Mg+2]. The fourth-order valence-electron chi connectivity index (χ4n) is 0.839. The Morgan fingerprint density at radius 2 is 1.23 bits per heavy atom. The van der Waals surface area contributed by atoms with E-state index >= 15 is 0 Å². The standard InChI is InChI=1S/C8H6O4.Mg/c9-7(10)5-3-1-2-4-6(5)8(11)12;/h1-4H,(H,9,10)(H,11,12);/q;+2/p-2. The fourth-order valence-corrected chi connectivity index (χ4v) is 0.839. The van der Waals surface area contributed by atoms with Gasteiger partial charge in [-0.15, -0.1) is 0 Å². The van der Waals surface area contributed by atoms with E-state index in [9.17, 15) is 19.8 Å². The van der Waals surface area contributed by atoms with Crippen molar-refractivity contribution in [2.75, 3.05) is 0 Å². The van der Waals surface area contributed by atoms with Crippen molar-refractivity contribution in [3.05, 3.63) is 35.4 Å². The van der Waals surface area contributed by atoms with Crippen molar-refractivity contribution in [3.63, 3.8) is 0 Å². The van der Waals surface area contributed by atoms with Gasteiger partial charge in [0.15, 0.2) is 0 Å². The van der Waals surface area contributed by atoms with E-state index in [2.05, 4.69) is 0 Å². The quantitative estimate of drug-likeness (QED) is 0.505. The van der Waals surface area contributed by atoms with E-state index in [1.165, 1.54) is 12.1 Å². The van der Waals surface area contributed by atoms with Crippen LogP contribution in [0.3, 0.4) is 0 Å². The Balaban J connectivity index is 0.00000144. The van der Waals surface area contributed by atoms with Crippen LogP contribution in [0.4, 0.5) is 0 Å². The van der Waals surface area contributed by atoms with Gasteiger partial charge in [0.2, 0.25) is 0 Å². The number of aromatic carboxylic acids is 2. The molecule has 0 spiro atoms. The van der Waals surface area contributed by atoms with Gasteiger partial charge in [0, 0.05) is 11.1 Å². The second-order valence-electron chi connectivity index (χ2n) is 2.12. The molecule has 5 heteroatoms. The van der Waals surface area contributed by atoms with Crippen LogP contribution >= 0.6 is 0 Å². The van der Waals surface area contributed by atoms with Crippen LogP contribution in [-0.2, 0) is 0 Å². The molecule has 0 unspecified atom stereocenters. The molecule has 62 valence electrons. The zero-order valence-electron chi connectivity index (χ0n) is 6.65. The Bertz CT molecular complexity index is 302. The molecule has 0 amide bonds. The fraction of sp³-hybridized carbons (Fsp3) is 0. The minimum Gasteiger partial charge on any atom is -0.545 e. The molecule has 1 aromatic rings. The van der Waals surface area contributed by atoms with E-state index in [0.717, 1.165) is 12.1 Å². The van der Waals surface area contributed by atoms with E-state index in [-0.39, 0.29) is 34.2 Å². The summed E-state index contributed by atoms with van der Waals surface area (Å²) in [6.07, 6.45) is 0. The van der Waals surface area contributed by atoms with Crippen molar-refractivity contribution in [2.45, 2.75) is 0 Å². The molecule has 0 aliphatic carbocycles. The zero-order chi connectivity index (χ0) is 9.14. The first-order chi connectivity index (χ1) is 5.63. The minimum atomic E-state index is -1.52. The van der Waals surface area contributed by atoms with Crippen molar-refractivity contribution in [1.82, 2.24) is 0 Å². The van der Waals surface area contributed by atoms with Crippen LogP contribution in [0.2, 0.25) is 0 Å². The van der Waals surface area contributed by atoms with Gasteiger partial charge in [0.25, 0.3) is 0 Å². The third-order valence-electron chi connectivity index (χ3n) is 1.37. The predicted octanol–water partition coefficient (Wildman–Crippen LogP) is -1.97. The minimum absolute atomic E-state index is 0. The number of hydrogen-bond acceptors (Lipinski definition) is 4. The third-order valence-corrected chi connectivity index (χ3v) is 1.37. The molecule has 0 aliphatic rings. The summed E-state index contributed by atoms with van der Waals surface area (Å²) in [5.74, 6) is -3.04. The average molecular weight is 188 g/mol. The molecule has 0 fully saturated rings. The zero-order valence-corrected chi connectivity index (χ0v) is 8.06. The Labute approximate surface area is 90.3 Å². The van der Waals surface area contributed by atoms with Gasteiger partial charge in [0.05, 0.1) is 11.9 Å². The monoisotopic (exact) mass is 188 g/mol. The van der Waals surface area contributed by atoms with Gasteiger partial charge in [-0.25, -0.2) is 0 Å². The Morgan fingerprint density at radius 1 is 0.923 bits per heavy atom. The van der Waals surface area contributed by atoms with Gasteiger partial charge in [-0.05, 0) is 0 Å². The molecule has 0 saturated heterocycles. The third kappa shape index (κ3) is 2.71. The summed E-state index contributed by atoms with van der Waals surface area (Å²) in [6, 6.07) is 5.14. The first-order valence-corrected chi connectivity index (χ1v) is 3.14. The van der Waals surface area contributed by atoms with Crippen molar-refractivity contribution in [3.8, 4) is 0 Å². The van der Waals surface area contributed by atoms with Crippen LogP contribution in [0.15, 0.2) is 24.3 Å². The van der Waals surface area contributed by atoms with Gasteiger partial charge < -0.3 is 19.8 Å². The number of carboxylic acids is 2. The molecular weight excluding hydrogens is 184 g/mol. The molecule has 0 bridgehead atoms. The maximum absolute atomic E-state index is 10.3. The smallest absolute Gasteiger partial charge is 0.545 e. The number of hydrogen-bond donors (Lipinski definition) is 0. The van der Waals surface area contributed by atoms with E-state index in [4.69, 9.17) is 0 Å². The Morgan fingerprint density at radius 3 is 1.46 bits per heavy atom. The molecule has 0 radical (unpaired) electrons. The van der Waals surface area contributed by atoms with Crippen molar-refractivity contribution >= 4 is 35.0 Å². The van der Waals surface area contributed by atoms with Crippen LogP contribution in [0, 0.1) is 0 Å². The van der Waals surface area contributed by atoms with Crippen LogP contribution in [0.5, 0.6) is 0 Å². The molecule has 1 aromatic carbocycles. The second kappa shape index (κ2) is 4.83. The molecule has 0 aromatic heterocycles. The van der Waals surface area contributed by atoms with Crippen LogP contribution in [0.1, 0.15) is 20.7 Å². The molecule has 13 heavy (non-hydrogen) atoms. The average Bonchev–Trinajstić information content (AvgIpc) is 2.04. The number of rotatable bonds is 2. The summed E-state index contributed by atoms with van der Waals surface area (Å²) >= 11 is 0. The van der Waals surface area contributed by atoms with Gasteiger partial charge in [-0.2, -0.15) is 0 Å². The molecule has 0 N–H and O–H groups in total. The molecule has 0 atom stereocenters. The maximum Gasteiger partial charge on any atom is 2.00 e. The maximum atomic E-state index is 10.3. The summed E-state index contributed by atoms with van der Waals surface area (Å²) in [5, 5.41) is 20.6. The molecule has 0 aliphatic heterocycles. The number of benzene rings is 1. The van der Waals surface area contributed by atoms with Crippen molar-refractivity contribution in [1.29, 1.82) is 0 Å². The Hall–Kier alpha value is -1.07. The number of carboxylic acid groups (broad SMARTS) is 2. The number of carbonyl (C=O) groups is 2. The summed E-state index contributed by atoms with van der Waals surface area (Å²) in [7, 11) is 0. The molecule has 4 nitrogen and oxygen atoms in total.